The van der Waals surface area contributed by atoms with Crippen LogP contribution in [0.2, 0.25) is 0 Å². The molecule has 0 aromatic heterocycles. The average molecular weight is 347 g/mol. The Morgan fingerprint density at radius 2 is 1.58 bits per heavy atom. The van der Waals surface area contributed by atoms with Gasteiger partial charge in [-0.2, -0.15) is 0 Å². The van der Waals surface area contributed by atoms with Crippen LogP contribution in [0.1, 0.15) is 19.3 Å². The smallest absolute Gasteiger partial charge is 0.328 e. The van der Waals surface area contributed by atoms with E-state index in [1.165, 1.54) is 0 Å². The van der Waals surface area contributed by atoms with Gasteiger partial charge in [-0.1, -0.05) is 0 Å². The predicted molar refractivity (Wildman–Crippen MR) is 83.6 cm³/mol. The van der Waals surface area contributed by atoms with Gasteiger partial charge in [0.25, 0.3) is 0 Å². The topological polar surface area (TPSA) is 197 Å². The molecule has 0 bridgehead atoms. The third-order valence-electron chi connectivity index (χ3n) is 3.02. The molecule has 138 valence electrons. The van der Waals surface area contributed by atoms with Crippen molar-refractivity contribution in [3.63, 3.8) is 0 Å². The van der Waals surface area contributed by atoms with E-state index in [1.54, 1.807) is 0 Å². The second kappa shape index (κ2) is 12.2. The SMILES string of the molecule is NCCCCC(NC(=O)CN)C(=O)NCC(=O)NC(CO)C(=O)O. The number of carbonyl (C=O) groups excluding carboxylic acids is 3. The van der Waals surface area contributed by atoms with Crippen molar-refractivity contribution in [2.75, 3.05) is 26.2 Å². The number of carbonyl (C=O) groups is 4. The molecule has 0 heterocycles. The normalized spacial score (nSPS) is 12.8. The summed E-state index contributed by atoms with van der Waals surface area (Å²) in [5.74, 6) is -3.29. The van der Waals surface area contributed by atoms with Crippen molar-refractivity contribution in [2.24, 2.45) is 11.5 Å². The first-order valence-corrected chi connectivity index (χ1v) is 7.45. The van der Waals surface area contributed by atoms with Gasteiger partial charge in [0.15, 0.2) is 0 Å². The summed E-state index contributed by atoms with van der Waals surface area (Å²) < 4.78 is 0. The second-order valence-corrected chi connectivity index (χ2v) is 4.97. The van der Waals surface area contributed by atoms with Gasteiger partial charge in [0, 0.05) is 0 Å². The fourth-order valence-electron chi connectivity index (χ4n) is 1.74. The Labute approximate surface area is 139 Å². The van der Waals surface area contributed by atoms with Gasteiger partial charge in [-0.15, -0.1) is 0 Å². The molecule has 2 atom stereocenters. The van der Waals surface area contributed by atoms with E-state index in [0.29, 0.717) is 25.8 Å². The Morgan fingerprint density at radius 1 is 0.958 bits per heavy atom. The van der Waals surface area contributed by atoms with Gasteiger partial charge in [-0.25, -0.2) is 4.79 Å². The van der Waals surface area contributed by atoms with Gasteiger partial charge in [-0.3, -0.25) is 14.4 Å². The molecule has 0 saturated carbocycles. The minimum atomic E-state index is -1.45. The predicted octanol–water partition coefficient (Wildman–Crippen LogP) is -3.76. The first-order valence-electron chi connectivity index (χ1n) is 7.45. The maximum atomic E-state index is 12.0. The van der Waals surface area contributed by atoms with Crippen molar-refractivity contribution in [1.29, 1.82) is 0 Å². The van der Waals surface area contributed by atoms with E-state index in [2.05, 4.69) is 10.6 Å². The minimum Gasteiger partial charge on any atom is -0.480 e. The van der Waals surface area contributed by atoms with E-state index in [0.717, 1.165) is 0 Å². The van der Waals surface area contributed by atoms with Crippen LogP contribution in [-0.4, -0.2) is 72.2 Å². The van der Waals surface area contributed by atoms with Gasteiger partial charge >= 0.3 is 5.97 Å². The van der Waals surface area contributed by atoms with Crippen LogP contribution < -0.4 is 27.4 Å². The molecule has 3 amide bonds. The number of carboxylic acid groups (broad SMARTS) is 1. The maximum absolute atomic E-state index is 12.0. The third-order valence-corrected chi connectivity index (χ3v) is 3.02. The monoisotopic (exact) mass is 347 g/mol. The molecule has 2 unspecified atom stereocenters. The molecule has 0 aliphatic heterocycles. The van der Waals surface area contributed by atoms with Gasteiger partial charge in [-0.05, 0) is 25.8 Å². The lowest BCUT2D eigenvalue weighted by molar-refractivity contribution is -0.142. The van der Waals surface area contributed by atoms with Crippen LogP contribution in [-0.2, 0) is 19.2 Å². The molecule has 0 spiro atoms. The molecule has 11 nitrogen and oxygen atoms in total. The molecule has 11 heteroatoms. The number of aliphatic carboxylic acids is 1. The number of aliphatic hydroxyl groups excluding tert-OH is 1. The number of nitrogens with one attached hydrogen (secondary N) is 3. The molecule has 0 saturated heterocycles. The van der Waals surface area contributed by atoms with Gasteiger partial charge in [0.1, 0.15) is 12.1 Å². The Balaban J connectivity index is 4.49. The molecule has 0 fully saturated rings. The van der Waals surface area contributed by atoms with Crippen molar-refractivity contribution < 1.29 is 29.4 Å². The molecule has 0 rings (SSSR count). The molecule has 0 aromatic carbocycles. The van der Waals surface area contributed by atoms with Crippen molar-refractivity contribution in [1.82, 2.24) is 16.0 Å². The molecule has 0 radical (unpaired) electrons. The number of rotatable bonds is 12. The molecule has 24 heavy (non-hydrogen) atoms. The van der Waals surface area contributed by atoms with Crippen LogP contribution in [0.4, 0.5) is 0 Å². The minimum absolute atomic E-state index is 0.280. The van der Waals surface area contributed by atoms with Crippen LogP contribution in [0.15, 0.2) is 0 Å². The van der Waals surface area contributed by atoms with E-state index < -0.39 is 48.9 Å². The van der Waals surface area contributed by atoms with Crippen LogP contribution in [0.25, 0.3) is 0 Å². The van der Waals surface area contributed by atoms with Crippen LogP contribution in [0, 0.1) is 0 Å². The highest BCUT2D eigenvalue weighted by atomic mass is 16.4. The zero-order chi connectivity index (χ0) is 18.5. The van der Waals surface area contributed by atoms with E-state index in [1.807, 2.05) is 5.32 Å². The third kappa shape index (κ3) is 9.02. The molecule has 0 aromatic rings. The number of unbranched alkanes of at least 4 members (excludes halogenated alkanes) is 1. The van der Waals surface area contributed by atoms with E-state index >= 15 is 0 Å². The molecule has 0 aliphatic rings. The summed E-state index contributed by atoms with van der Waals surface area (Å²) in [6.07, 6.45) is 1.58. The largest absolute Gasteiger partial charge is 0.480 e. The summed E-state index contributed by atoms with van der Waals surface area (Å²) >= 11 is 0. The summed E-state index contributed by atoms with van der Waals surface area (Å²) in [4.78, 5) is 45.6. The number of hydrogen-bond donors (Lipinski definition) is 7. The van der Waals surface area contributed by atoms with Gasteiger partial charge in [0.05, 0.1) is 19.7 Å². The Morgan fingerprint density at radius 3 is 2.08 bits per heavy atom. The highest BCUT2D eigenvalue weighted by molar-refractivity contribution is 5.91. The van der Waals surface area contributed by atoms with Crippen molar-refractivity contribution >= 4 is 23.7 Å². The molecule has 9 N–H and O–H groups in total. The first-order chi connectivity index (χ1) is 11.3. The summed E-state index contributed by atoms with van der Waals surface area (Å²) in [5.41, 5.74) is 10.6. The molecular formula is C13H25N5O6. The van der Waals surface area contributed by atoms with Gasteiger partial charge < -0.3 is 37.6 Å². The van der Waals surface area contributed by atoms with E-state index in [-0.39, 0.29) is 6.54 Å². The Hall–Kier alpha value is -2.24. The lowest BCUT2D eigenvalue weighted by Gasteiger charge is -2.18. The zero-order valence-electron chi connectivity index (χ0n) is 13.3. The highest BCUT2D eigenvalue weighted by Crippen LogP contribution is 2.00. The van der Waals surface area contributed by atoms with E-state index in [4.69, 9.17) is 21.7 Å². The lowest BCUT2D eigenvalue weighted by atomic mass is 10.1. The van der Waals surface area contributed by atoms with Crippen LogP contribution in [0.3, 0.4) is 0 Å². The lowest BCUT2D eigenvalue weighted by Crippen LogP contribution is -2.52. The quantitative estimate of drug-likeness (QED) is 0.175. The molecular weight excluding hydrogens is 322 g/mol. The standard InChI is InChI=1S/C13H25N5O6/c14-4-2-1-3-8(17-10(20)5-15)12(22)16-6-11(21)18-9(7-19)13(23)24/h8-9,19H,1-7,14-15H2,(H,16,22)(H,17,20)(H,18,21)(H,23,24). The van der Waals surface area contributed by atoms with Crippen molar-refractivity contribution in [2.45, 2.75) is 31.3 Å². The zero-order valence-corrected chi connectivity index (χ0v) is 13.3. The number of hydrogen-bond acceptors (Lipinski definition) is 7. The van der Waals surface area contributed by atoms with Gasteiger partial charge in [0.2, 0.25) is 17.7 Å². The van der Waals surface area contributed by atoms with E-state index in [9.17, 15) is 19.2 Å². The summed E-state index contributed by atoms with van der Waals surface area (Å²) in [6.45, 7) is -1.10. The number of amides is 3. The Kier molecular flexibility index (Phi) is 11.1. The summed E-state index contributed by atoms with van der Waals surface area (Å²) in [6, 6.07) is -2.32. The Bertz CT molecular complexity index is 445. The van der Waals surface area contributed by atoms with Crippen LogP contribution in [0.5, 0.6) is 0 Å². The number of nitrogens with two attached hydrogens (primary N) is 2. The fraction of sp³-hybridized carbons (Fsp3) is 0.692. The highest BCUT2D eigenvalue weighted by Gasteiger charge is 2.22. The number of carboxylic acids is 1. The molecule has 0 aliphatic carbocycles. The fourth-order valence-corrected chi connectivity index (χ4v) is 1.74. The average Bonchev–Trinajstić information content (AvgIpc) is 2.56. The van der Waals surface area contributed by atoms with Crippen molar-refractivity contribution in [3.05, 3.63) is 0 Å². The summed E-state index contributed by atoms with van der Waals surface area (Å²) in [5, 5.41) is 24.3. The second-order valence-electron chi connectivity index (χ2n) is 4.97. The van der Waals surface area contributed by atoms with Crippen LogP contribution >= 0.6 is 0 Å². The summed E-state index contributed by atoms with van der Waals surface area (Å²) in [7, 11) is 0. The first kappa shape index (κ1) is 21.8. The maximum Gasteiger partial charge on any atom is 0.328 e. The number of aliphatic hydroxyl groups is 1. The van der Waals surface area contributed by atoms with Crippen molar-refractivity contribution in [3.8, 4) is 0 Å².